The van der Waals surface area contributed by atoms with Crippen LogP contribution in [0.5, 0.6) is 0 Å². The zero-order valence-corrected chi connectivity index (χ0v) is 13.8. The largest absolute Gasteiger partial charge is 0.394 e. The van der Waals surface area contributed by atoms with Gasteiger partial charge in [-0.1, -0.05) is 0 Å². The number of thioether (sulfide) groups is 1. The van der Waals surface area contributed by atoms with Crippen LogP contribution in [0.3, 0.4) is 0 Å². The van der Waals surface area contributed by atoms with E-state index in [1.165, 1.54) is 11.8 Å². The van der Waals surface area contributed by atoms with Gasteiger partial charge in [-0.15, -0.1) is 11.8 Å². The van der Waals surface area contributed by atoms with Gasteiger partial charge in [0.2, 0.25) is 0 Å². The van der Waals surface area contributed by atoms with Gasteiger partial charge < -0.3 is 14.3 Å². The van der Waals surface area contributed by atoms with E-state index >= 15 is 0 Å². The number of hydrogen-bond acceptors (Lipinski definition) is 5. The molecule has 3 aromatic rings. The number of aromatic nitrogens is 2. The molecule has 3 aromatic heterocycles. The molecule has 3 rings (SSSR count). The van der Waals surface area contributed by atoms with E-state index in [0.717, 1.165) is 28.0 Å². The number of rotatable bonds is 5. The molecule has 0 bridgehead atoms. The standard InChI is InChI=1S/C18H15N3O2S/c1-18(11-22,12-23)24-17-6-7-20-10-14(17)16-5-4-13(9-19)15-3-2-8-21(15)16/h2-8,10-11,23H,12H2,1H3. The lowest BCUT2D eigenvalue weighted by molar-refractivity contribution is -0.110. The highest BCUT2D eigenvalue weighted by molar-refractivity contribution is 8.01. The zero-order valence-electron chi connectivity index (χ0n) is 13.0. The highest BCUT2D eigenvalue weighted by atomic mass is 32.2. The van der Waals surface area contributed by atoms with Crippen molar-refractivity contribution in [2.45, 2.75) is 16.6 Å². The van der Waals surface area contributed by atoms with Crippen LogP contribution in [0, 0.1) is 11.3 Å². The first-order valence-corrected chi connectivity index (χ1v) is 8.14. The fraction of sp³-hybridized carbons (Fsp3) is 0.167. The van der Waals surface area contributed by atoms with Crippen LogP contribution in [0.15, 0.2) is 53.8 Å². The molecule has 1 unspecified atom stereocenters. The van der Waals surface area contributed by atoms with Crippen molar-refractivity contribution in [3.8, 4) is 17.3 Å². The average Bonchev–Trinajstić information content (AvgIpc) is 3.11. The van der Waals surface area contributed by atoms with E-state index in [2.05, 4.69) is 11.1 Å². The maximum absolute atomic E-state index is 11.3. The molecule has 5 nitrogen and oxygen atoms in total. The number of aldehydes is 1. The summed E-state index contributed by atoms with van der Waals surface area (Å²) < 4.78 is 1.01. The number of pyridine rings is 2. The molecule has 3 heterocycles. The molecule has 0 aromatic carbocycles. The van der Waals surface area contributed by atoms with Crippen molar-refractivity contribution in [2.75, 3.05) is 6.61 Å². The van der Waals surface area contributed by atoms with Crippen LogP contribution in [0.2, 0.25) is 0 Å². The van der Waals surface area contributed by atoms with Crippen molar-refractivity contribution >= 4 is 23.6 Å². The number of carbonyl (C=O) groups excluding carboxylic acids is 1. The Morgan fingerprint density at radius 2 is 2.25 bits per heavy atom. The highest BCUT2D eigenvalue weighted by Crippen LogP contribution is 2.37. The van der Waals surface area contributed by atoms with Gasteiger partial charge in [0.05, 0.1) is 28.1 Å². The lowest BCUT2D eigenvalue weighted by Gasteiger charge is -2.21. The van der Waals surface area contributed by atoms with Crippen molar-refractivity contribution in [1.82, 2.24) is 9.38 Å². The zero-order chi connectivity index (χ0) is 17.2. The predicted molar refractivity (Wildman–Crippen MR) is 92.8 cm³/mol. The molecule has 1 N–H and O–H groups in total. The third-order valence-corrected chi connectivity index (χ3v) is 5.04. The van der Waals surface area contributed by atoms with Crippen LogP contribution in [0.4, 0.5) is 0 Å². The molecule has 0 amide bonds. The highest BCUT2D eigenvalue weighted by Gasteiger charge is 2.26. The Hall–Kier alpha value is -2.62. The molecule has 0 aliphatic carbocycles. The summed E-state index contributed by atoms with van der Waals surface area (Å²) in [4.78, 5) is 16.4. The van der Waals surface area contributed by atoms with Gasteiger partial charge in [0.25, 0.3) is 0 Å². The van der Waals surface area contributed by atoms with Crippen molar-refractivity contribution in [1.29, 1.82) is 5.26 Å². The Bertz CT molecular complexity index is 945. The Morgan fingerprint density at radius 3 is 2.96 bits per heavy atom. The first-order chi connectivity index (χ1) is 11.6. The van der Waals surface area contributed by atoms with Crippen LogP contribution < -0.4 is 0 Å². The monoisotopic (exact) mass is 337 g/mol. The first kappa shape index (κ1) is 16.2. The predicted octanol–water partition coefficient (Wildman–Crippen LogP) is 2.91. The number of nitriles is 1. The number of aliphatic hydroxyl groups is 1. The SMILES string of the molecule is CC(C=O)(CO)Sc1ccncc1-c1ccc(C#N)c2cccn12. The second kappa shape index (κ2) is 6.48. The Labute approximate surface area is 143 Å². The van der Waals surface area contributed by atoms with Gasteiger partial charge in [0.15, 0.2) is 0 Å². The number of nitrogens with zero attached hydrogens (tertiary/aromatic N) is 3. The van der Waals surface area contributed by atoms with Crippen LogP contribution in [-0.4, -0.2) is 32.1 Å². The number of carbonyl (C=O) groups is 1. The van der Waals surface area contributed by atoms with E-state index in [9.17, 15) is 15.2 Å². The molecule has 0 aliphatic heterocycles. The molecule has 0 saturated heterocycles. The van der Waals surface area contributed by atoms with E-state index < -0.39 is 4.75 Å². The molecule has 120 valence electrons. The fourth-order valence-corrected chi connectivity index (χ4v) is 3.47. The van der Waals surface area contributed by atoms with Crippen LogP contribution in [0.25, 0.3) is 16.8 Å². The van der Waals surface area contributed by atoms with Crippen molar-refractivity contribution in [3.05, 3.63) is 54.5 Å². The van der Waals surface area contributed by atoms with E-state index in [4.69, 9.17) is 0 Å². The maximum Gasteiger partial charge on any atom is 0.138 e. The molecule has 0 saturated carbocycles. The summed E-state index contributed by atoms with van der Waals surface area (Å²) in [6, 6.07) is 11.4. The van der Waals surface area contributed by atoms with E-state index in [0.29, 0.717) is 5.56 Å². The van der Waals surface area contributed by atoms with Crippen LogP contribution in [0.1, 0.15) is 12.5 Å². The summed E-state index contributed by atoms with van der Waals surface area (Å²) in [6.45, 7) is 1.44. The smallest absolute Gasteiger partial charge is 0.138 e. The lowest BCUT2D eigenvalue weighted by Crippen LogP contribution is -2.26. The second-order valence-corrected chi connectivity index (χ2v) is 7.15. The van der Waals surface area contributed by atoms with Crippen LogP contribution >= 0.6 is 11.8 Å². The maximum atomic E-state index is 11.3. The van der Waals surface area contributed by atoms with Crippen molar-refractivity contribution < 1.29 is 9.90 Å². The Morgan fingerprint density at radius 1 is 1.42 bits per heavy atom. The van der Waals surface area contributed by atoms with Gasteiger partial charge in [0, 0.05) is 29.0 Å². The Kier molecular flexibility index (Phi) is 4.38. The molecule has 0 spiro atoms. The molecule has 0 aliphatic rings. The summed E-state index contributed by atoms with van der Waals surface area (Å²) in [6.07, 6.45) is 6.03. The average molecular weight is 337 g/mol. The van der Waals surface area contributed by atoms with Gasteiger partial charge in [-0.2, -0.15) is 5.26 Å². The minimum Gasteiger partial charge on any atom is -0.394 e. The Balaban J connectivity index is 2.17. The molecule has 6 heteroatoms. The van der Waals surface area contributed by atoms with Gasteiger partial charge in [0.1, 0.15) is 12.4 Å². The number of fused-ring (bicyclic) bond motifs is 1. The number of hydrogen-bond donors (Lipinski definition) is 1. The molecular formula is C18H15N3O2S. The minimum absolute atomic E-state index is 0.255. The molecule has 0 radical (unpaired) electrons. The third-order valence-electron chi connectivity index (χ3n) is 3.78. The van der Waals surface area contributed by atoms with E-state index in [1.54, 1.807) is 25.4 Å². The molecule has 0 fully saturated rings. The topological polar surface area (TPSA) is 78.4 Å². The summed E-state index contributed by atoms with van der Waals surface area (Å²) in [5.74, 6) is 0. The molecular weight excluding hydrogens is 322 g/mol. The normalized spacial score (nSPS) is 13.4. The minimum atomic E-state index is -0.918. The molecule has 24 heavy (non-hydrogen) atoms. The third kappa shape index (κ3) is 2.80. The molecule has 1 atom stereocenters. The summed E-state index contributed by atoms with van der Waals surface area (Å²) in [5, 5.41) is 18.7. The van der Waals surface area contributed by atoms with Gasteiger partial charge in [-0.3, -0.25) is 4.98 Å². The van der Waals surface area contributed by atoms with Crippen molar-refractivity contribution in [3.63, 3.8) is 0 Å². The quantitative estimate of drug-likeness (QED) is 0.572. The van der Waals surface area contributed by atoms with Gasteiger partial charge >= 0.3 is 0 Å². The summed E-state index contributed by atoms with van der Waals surface area (Å²) >= 11 is 1.30. The van der Waals surface area contributed by atoms with Gasteiger partial charge in [-0.05, 0) is 37.3 Å². The lowest BCUT2D eigenvalue weighted by atomic mass is 10.1. The van der Waals surface area contributed by atoms with E-state index in [1.807, 2.05) is 34.9 Å². The summed E-state index contributed by atoms with van der Waals surface area (Å²) in [5.41, 5.74) is 3.12. The number of aliphatic hydroxyl groups excluding tert-OH is 1. The van der Waals surface area contributed by atoms with Crippen LogP contribution in [-0.2, 0) is 4.79 Å². The van der Waals surface area contributed by atoms with Crippen molar-refractivity contribution in [2.24, 2.45) is 0 Å². The summed E-state index contributed by atoms with van der Waals surface area (Å²) in [7, 11) is 0. The van der Waals surface area contributed by atoms with Gasteiger partial charge in [-0.25, -0.2) is 0 Å². The second-order valence-electron chi connectivity index (χ2n) is 5.57. The van der Waals surface area contributed by atoms with E-state index in [-0.39, 0.29) is 6.61 Å². The first-order valence-electron chi connectivity index (χ1n) is 7.32. The fourth-order valence-electron chi connectivity index (χ4n) is 2.46.